The molecular formula is C8H9N3O2. The van der Waals surface area contributed by atoms with Crippen molar-refractivity contribution in [2.24, 2.45) is 7.05 Å². The van der Waals surface area contributed by atoms with Gasteiger partial charge in [0.1, 0.15) is 0 Å². The smallest absolute Gasteiger partial charge is 0.332 e. The van der Waals surface area contributed by atoms with Crippen LogP contribution >= 0.6 is 0 Å². The van der Waals surface area contributed by atoms with Crippen molar-refractivity contribution in [3.8, 4) is 0 Å². The minimum Gasteiger partial charge on any atom is -0.425 e. The maximum atomic E-state index is 11.7. The van der Waals surface area contributed by atoms with Gasteiger partial charge in [-0.1, -0.05) is 0 Å². The number of fused-ring (bicyclic) bond motifs is 1. The first-order chi connectivity index (χ1) is 6.29. The van der Waals surface area contributed by atoms with E-state index in [9.17, 15) is 4.79 Å². The van der Waals surface area contributed by atoms with Crippen molar-refractivity contribution in [1.29, 1.82) is 0 Å². The molecule has 1 saturated carbocycles. The number of rotatable bonds is 1. The molecular weight excluding hydrogens is 170 g/mol. The predicted molar refractivity (Wildman–Crippen MR) is 45.5 cm³/mol. The summed E-state index contributed by atoms with van der Waals surface area (Å²) in [6.45, 7) is 0. The molecule has 2 aromatic rings. The van der Waals surface area contributed by atoms with Crippen LogP contribution in [0.15, 0.2) is 15.6 Å². The van der Waals surface area contributed by atoms with Crippen molar-refractivity contribution in [3.63, 3.8) is 0 Å². The van der Waals surface area contributed by atoms with Gasteiger partial charge in [0.05, 0.1) is 0 Å². The summed E-state index contributed by atoms with van der Waals surface area (Å²) in [5.74, 6) is 0. The SMILES string of the molecule is Cn1c(=O)n(C2CC2)c2ocnc21. The zero-order valence-corrected chi connectivity index (χ0v) is 7.23. The van der Waals surface area contributed by atoms with Gasteiger partial charge in [0, 0.05) is 13.1 Å². The van der Waals surface area contributed by atoms with E-state index in [-0.39, 0.29) is 5.69 Å². The quantitative estimate of drug-likeness (QED) is 0.646. The van der Waals surface area contributed by atoms with Gasteiger partial charge in [-0.3, -0.25) is 9.13 Å². The minimum atomic E-state index is -0.0237. The van der Waals surface area contributed by atoms with E-state index in [0.717, 1.165) is 12.8 Å². The third-order valence-electron chi connectivity index (χ3n) is 2.47. The topological polar surface area (TPSA) is 53.0 Å². The van der Waals surface area contributed by atoms with Crippen molar-refractivity contribution in [1.82, 2.24) is 14.1 Å². The molecule has 0 aromatic carbocycles. The maximum absolute atomic E-state index is 11.7. The second-order valence-corrected chi connectivity index (χ2v) is 3.42. The van der Waals surface area contributed by atoms with Gasteiger partial charge < -0.3 is 4.42 Å². The second kappa shape index (κ2) is 2.04. The first kappa shape index (κ1) is 6.94. The Morgan fingerprint density at radius 1 is 1.62 bits per heavy atom. The van der Waals surface area contributed by atoms with Gasteiger partial charge in [0.2, 0.25) is 11.4 Å². The van der Waals surface area contributed by atoms with Gasteiger partial charge in [0.15, 0.2) is 6.39 Å². The maximum Gasteiger partial charge on any atom is 0.332 e. The molecule has 2 heterocycles. The molecule has 0 N–H and O–H groups in total. The Hall–Kier alpha value is -1.52. The van der Waals surface area contributed by atoms with E-state index in [1.807, 2.05) is 0 Å². The summed E-state index contributed by atoms with van der Waals surface area (Å²) in [4.78, 5) is 15.6. The summed E-state index contributed by atoms with van der Waals surface area (Å²) in [5.41, 5.74) is 1.22. The molecule has 3 rings (SSSR count). The van der Waals surface area contributed by atoms with Crippen LogP contribution in [0.25, 0.3) is 11.4 Å². The van der Waals surface area contributed by atoms with Gasteiger partial charge >= 0.3 is 5.69 Å². The molecule has 0 amide bonds. The zero-order chi connectivity index (χ0) is 9.00. The number of nitrogens with zero attached hydrogens (tertiary/aromatic N) is 3. The summed E-state index contributed by atoms with van der Waals surface area (Å²) in [7, 11) is 1.71. The fourth-order valence-corrected chi connectivity index (χ4v) is 1.62. The zero-order valence-electron chi connectivity index (χ0n) is 7.23. The van der Waals surface area contributed by atoms with Crippen LogP contribution in [0.4, 0.5) is 0 Å². The van der Waals surface area contributed by atoms with Gasteiger partial charge in [0.25, 0.3) is 0 Å². The summed E-state index contributed by atoms with van der Waals surface area (Å²) in [6, 6.07) is 0.337. The number of oxazole rings is 1. The van der Waals surface area contributed by atoms with E-state index in [4.69, 9.17) is 4.42 Å². The molecule has 0 radical (unpaired) electrons. The Bertz CT molecular complexity index is 515. The first-order valence-electron chi connectivity index (χ1n) is 4.29. The molecule has 13 heavy (non-hydrogen) atoms. The fraction of sp³-hybridized carbons (Fsp3) is 0.500. The number of aromatic nitrogens is 3. The Kier molecular flexibility index (Phi) is 1.09. The molecule has 0 bridgehead atoms. The fourth-order valence-electron chi connectivity index (χ4n) is 1.62. The van der Waals surface area contributed by atoms with Gasteiger partial charge in [-0.15, -0.1) is 0 Å². The van der Waals surface area contributed by atoms with Gasteiger partial charge in [-0.2, -0.15) is 4.98 Å². The number of hydrogen-bond donors (Lipinski definition) is 0. The molecule has 0 saturated heterocycles. The summed E-state index contributed by atoms with van der Waals surface area (Å²) < 4.78 is 8.40. The van der Waals surface area contributed by atoms with Crippen molar-refractivity contribution in [2.45, 2.75) is 18.9 Å². The van der Waals surface area contributed by atoms with Crippen LogP contribution in [0, 0.1) is 0 Å². The molecule has 1 aliphatic carbocycles. The van der Waals surface area contributed by atoms with Gasteiger partial charge in [-0.05, 0) is 12.8 Å². The molecule has 5 nitrogen and oxygen atoms in total. The molecule has 0 spiro atoms. The van der Waals surface area contributed by atoms with E-state index in [1.54, 1.807) is 11.6 Å². The lowest BCUT2D eigenvalue weighted by Gasteiger charge is -1.93. The molecule has 68 valence electrons. The highest BCUT2D eigenvalue weighted by Gasteiger charge is 2.30. The highest BCUT2D eigenvalue weighted by atomic mass is 16.3. The molecule has 5 heteroatoms. The highest BCUT2D eigenvalue weighted by molar-refractivity contribution is 5.64. The molecule has 1 aliphatic rings. The second-order valence-electron chi connectivity index (χ2n) is 3.42. The first-order valence-corrected chi connectivity index (χ1v) is 4.29. The highest BCUT2D eigenvalue weighted by Crippen LogP contribution is 2.35. The number of aryl methyl sites for hydroxylation is 1. The van der Waals surface area contributed by atoms with Crippen LogP contribution in [-0.2, 0) is 7.05 Å². The lowest BCUT2D eigenvalue weighted by Crippen LogP contribution is -2.21. The van der Waals surface area contributed by atoms with E-state index in [1.165, 1.54) is 11.0 Å². The Balaban J connectivity index is 2.46. The molecule has 0 aliphatic heterocycles. The molecule has 1 fully saturated rings. The average Bonchev–Trinajstić information content (AvgIpc) is 2.77. The Morgan fingerprint density at radius 3 is 3.08 bits per heavy atom. The largest absolute Gasteiger partial charge is 0.425 e. The van der Waals surface area contributed by atoms with E-state index >= 15 is 0 Å². The third-order valence-corrected chi connectivity index (χ3v) is 2.47. The van der Waals surface area contributed by atoms with Crippen LogP contribution in [-0.4, -0.2) is 14.1 Å². The summed E-state index contributed by atoms with van der Waals surface area (Å²) in [5, 5.41) is 0. The predicted octanol–water partition coefficient (Wildman–Crippen LogP) is 0.663. The van der Waals surface area contributed by atoms with Crippen LogP contribution in [0.5, 0.6) is 0 Å². The van der Waals surface area contributed by atoms with E-state index < -0.39 is 0 Å². The average molecular weight is 179 g/mol. The van der Waals surface area contributed by atoms with Crippen molar-refractivity contribution in [3.05, 3.63) is 16.9 Å². The monoisotopic (exact) mass is 179 g/mol. The Morgan fingerprint density at radius 2 is 2.38 bits per heavy atom. The number of hydrogen-bond acceptors (Lipinski definition) is 3. The standard InChI is InChI=1S/C8H9N3O2/c1-10-6-7(13-4-9-6)11(8(10)12)5-2-3-5/h4-5H,2-3H2,1H3. The van der Waals surface area contributed by atoms with E-state index in [2.05, 4.69) is 4.98 Å². The normalized spacial score (nSPS) is 17.0. The van der Waals surface area contributed by atoms with Crippen LogP contribution < -0.4 is 5.69 Å². The Labute approximate surface area is 73.6 Å². The lowest BCUT2D eigenvalue weighted by molar-refractivity contribution is 0.546. The molecule has 0 unspecified atom stereocenters. The van der Waals surface area contributed by atoms with Gasteiger partial charge in [-0.25, -0.2) is 4.79 Å². The molecule has 0 atom stereocenters. The summed E-state index contributed by atoms with van der Waals surface area (Å²) in [6.07, 6.45) is 3.52. The van der Waals surface area contributed by atoms with Crippen molar-refractivity contribution >= 4 is 11.4 Å². The van der Waals surface area contributed by atoms with Crippen molar-refractivity contribution < 1.29 is 4.42 Å². The molecule has 2 aromatic heterocycles. The summed E-state index contributed by atoms with van der Waals surface area (Å²) >= 11 is 0. The lowest BCUT2D eigenvalue weighted by atomic mass is 10.6. The minimum absolute atomic E-state index is 0.0237. The van der Waals surface area contributed by atoms with Crippen LogP contribution in [0.3, 0.4) is 0 Å². The van der Waals surface area contributed by atoms with Crippen LogP contribution in [0.1, 0.15) is 18.9 Å². The third kappa shape index (κ3) is 0.760. The number of imidazole rings is 1. The van der Waals surface area contributed by atoms with Crippen molar-refractivity contribution in [2.75, 3.05) is 0 Å². The van der Waals surface area contributed by atoms with Crippen LogP contribution in [0.2, 0.25) is 0 Å². The van der Waals surface area contributed by atoms with E-state index in [0.29, 0.717) is 17.4 Å².